The largest absolute Gasteiger partial charge is 0.497 e. The first-order chi connectivity index (χ1) is 14.0. The van der Waals surface area contributed by atoms with Crippen LogP contribution in [0.4, 0.5) is 11.4 Å². The summed E-state index contributed by atoms with van der Waals surface area (Å²) in [7, 11) is 5.14. The molecule has 2 N–H and O–H groups in total. The maximum absolute atomic E-state index is 12.2. The number of nitrogens with one attached hydrogen (secondary N) is 2. The predicted molar refractivity (Wildman–Crippen MR) is 113 cm³/mol. The van der Waals surface area contributed by atoms with E-state index >= 15 is 0 Å². The van der Waals surface area contributed by atoms with Crippen molar-refractivity contribution in [2.45, 2.75) is 19.3 Å². The Balaban J connectivity index is 1.52. The summed E-state index contributed by atoms with van der Waals surface area (Å²) < 4.78 is 10.4. The van der Waals surface area contributed by atoms with Gasteiger partial charge in [0.05, 0.1) is 19.9 Å². The van der Waals surface area contributed by atoms with Gasteiger partial charge in [-0.25, -0.2) is 0 Å². The van der Waals surface area contributed by atoms with E-state index in [4.69, 9.17) is 9.47 Å². The molecule has 1 aliphatic rings. The Morgan fingerprint density at radius 1 is 1.07 bits per heavy atom. The van der Waals surface area contributed by atoms with Crippen molar-refractivity contribution in [3.8, 4) is 11.5 Å². The number of hydrogen-bond donors (Lipinski definition) is 2. The molecule has 1 aliphatic heterocycles. The molecule has 0 spiro atoms. The van der Waals surface area contributed by atoms with Crippen LogP contribution in [0.1, 0.15) is 17.5 Å². The molecule has 154 valence electrons. The zero-order valence-electron chi connectivity index (χ0n) is 17.1. The van der Waals surface area contributed by atoms with E-state index in [1.54, 1.807) is 25.3 Å². The maximum Gasteiger partial charge on any atom is 0.313 e. The molecule has 0 saturated heterocycles. The number of carbonyl (C=O) groups excluding carboxylic acids is 2. The Kier molecular flexibility index (Phi) is 6.59. The monoisotopic (exact) mass is 397 g/mol. The number of fused-ring (bicyclic) bond motifs is 1. The minimum Gasteiger partial charge on any atom is -0.497 e. The predicted octanol–water partition coefficient (Wildman–Crippen LogP) is 2.38. The second-order valence-electron chi connectivity index (χ2n) is 7.01. The number of benzene rings is 2. The van der Waals surface area contributed by atoms with E-state index in [1.165, 1.54) is 18.4 Å². The molecule has 2 aromatic carbocycles. The fraction of sp³-hybridized carbons (Fsp3) is 0.364. The van der Waals surface area contributed by atoms with E-state index in [1.807, 2.05) is 0 Å². The summed E-state index contributed by atoms with van der Waals surface area (Å²) in [6, 6.07) is 11.4. The first-order valence-corrected chi connectivity index (χ1v) is 9.66. The molecule has 0 fully saturated rings. The lowest BCUT2D eigenvalue weighted by Gasteiger charge is -2.27. The molecule has 0 radical (unpaired) electrons. The zero-order valence-corrected chi connectivity index (χ0v) is 17.1. The maximum atomic E-state index is 12.2. The number of rotatable bonds is 6. The van der Waals surface area contributed by atoms with Crippen molar-refractivity contribution in [3.63, 3.8) is 0 Å². The molecule has 2 aromatic rings. The van der Waals surface area contributed by atoms with Crippen LogP contribution in [0.2, 0.25) is 0 Å². The van der Waals surface area contributed by atoms with Gasteiger partial charge in [0.2, 0.25) is 0 Å². The van der Waals surface area contributed by atoms with Gasteiger partial charge in [0.15, 0.2) is 0 Å². The number of ether oxygens (including phenoxy) is 2. The van der Waals surface area contributed by atoms with Crippen molar-refractivity contribution in [1.82, 2.24) is 5.32 Å². The van der Waals surface area contributed by atoms with Gasteiger partial charge in [0.1, 0.15) is 11.5 Å². The van der Waals surface area contributed by atoms with Crippen molar-refractivity contribution in [3.05, 3.63) is 47.5 Å². The summed E-state index contributed by atoms with van der Waals surface area (Å²) in [6.45, 7) is 1.47. The van der Waals surface area contributed by atoms with Crippen molar-refractivity contribution < 1.29 is 19.1 Å². The van der Waals surface area contributed by atoms with Gasteiger partial charge in [0, 0.05) is 31.9 Å². The van der Waals surface area contributed by atoms with Crippen LogP contribution in [0.25, 0.3) is 0 Å². The highest BCUT2D eigenvalue weighted by Crippen LogP contribution is 2.29. The van der Waals surface area contributed by atoms with Crippen LogP contribution in [-0.4, -0.2) is 46.2 Å². The van der Waals surface area contributed by atoms with E-state index in [0.29, 0.717) is 30.2 Å². The summed E-state index contributed by atoms with van der Waals surface area (Å²) in [5.74, 6) is -0.397. The Morgan fingerprint density at radius 3 is 2.66 bits per heavy atom. The Bertz CT molecular complexity index is 898. The lowest BCUT2D eigenvalue weighted by molar-refractivity contribution is -0.136. The normalized spacial score (nSPS) is 12.7. The highest BCUT2D eigenvalue weighted by molar-refractivity contribution is 6.39. The average molecular weight is 397 g/mol. The molecule has 0 saturated carbocycles. The third kappa shape index (κ3) is 4.99. The molecule has 0 aromatic heterocycles. The average Bonchev–Trinajstić information content (AvgIpc) is 2.74. The molecule has 0 aliphatic carbocycles. The van der Waals surface area contributed by atoms with E-state index in [0.717, 1.165) is 24.9 Å². The van der Waals surface area contributed by atoms with Crippen molar-refractivity contribution in [2.75, 3.05) is 44.6 Å². The Hall–Kier alpha value is -3.22. The number of anilines is 2. The summed E-state index contributed by atoms with van der Waals surface area (Å²) in [4.78, 5) is 26.6. The molecular formula is C22H27N3O4. The molecule has 2 amide bonds. The van der Waals surface area contributed by atoms with Crippen LogP contribution in [0.15, 0.2) is 36.4 Å². The Morgan fingerprint density at radius 2 is 1.90 bits per heavy atom. The lowest BCUT2D eigenvalue weighted by Crippen LogP contribution is -2.36. The van der Waals surface area contributed by atoms with Crippen LogP contribution in [0, 0.1) is 0 Å². The molecule has 0 unspecified atom stereocenters. The third-order valence-corrected chi connectivity index (χ3v) is 5.06. The molecule has 29 heavy (non-hydrogen) atoms. The van der Waals surface area contributed by atoms with Gasteiger partial charge in [-0.2, -0.15) is 0 Å². The van der Waals surface area contributed by atoms with Gasteiger partial charge in [-0.1, -0.05) is 12.1 Å². The number of methoxy groups -OCH3 is 2. The van der Waals surface area contributed by atoms with Crippen molar-refractivity contribution in [2.24, 2.45) is 0 Å². The number of carbonyl (C=O) groups is 2. The second-order valence-corrected chi connectivity index (χ2v) is 7.01. The van der Waals surface area contributed by atoms with E-state index in [-0.39, 0.29) is 0 Å². The van der Waals surface area contributed by atoms with Crippen molar-refractivity contribution >= 4 is 23.2 Å². The van der Waals surface area contributed by atoms with Gasteiger partial charge in [-0.15, -0.1) is 0 Å². The van der Waals surface area contributed by atoms with Gasteiger partial charge in [-0.3, -0.25) is 9.59 Å². The molecule has 7 heteroatoms. The van der Waals surface area contributed by atoms with Gasteiger partial charge in [-0.05, 0) is 48.6 Å². The molecule has 3 rings (SSSR count). The fourth-order valence-electron chi connectivity index (χ4n) is 3.48. The molecule has 7 nitrogen and oxygen atoms in total. The SMILES string of the molecule is COc1ccc(NC(=O)C(=O)NCCc2ccc3c(c2)CCCN3C)c(OC)c1. The highest BCUT2D eigenvalue weighted by atomic mass is 16.5. The van der Waals surface area contributed by atoms with Gasteiger partial charge in [0.25, 0.3) is 0 Å². The summed E-state index contributed by atoms with van der Waals surface area (Å²) in [5.41, 5.74) is 4.17. The molecule has 1 heterocycles. The highest BCUT2D eigenvalue weighted by Gasteiger charge is 2.17. The van der Waals surface area contributed by atoms with Crippen LogP contribution >= 0.6 is 0 Å². The number of hydrogen-bond acceptors (Lipinski definition) is 5. The standard InChI is InChI=1S/C22H27N3O4/c1-25-12-4-5-16-13-15(6-9-19(16)25)10-11-23-21(26)22(27)24-18-8-7-17(28-2)14-20(18)29-3/h6-9,13-14H,4-5,10-12H2,1-3H3,(H,23,26)(H,24,27). The number of nitrogens with zero attached hydrogens (tertiary/aromatic N) is 1. The fourth-order valence-corrected chi connectivity index (χ4v) is 3.48. The number of amides is 2. The second kappa shape index (κ2) is 9.32. The quantitative estimate of drug-likeness (QED) is 0.732. The third-order valence-electron chi connectivity index (χ3n) is 5.06. The Labute approximate surface area is 171 Å². The van der Waals surface area contributed by atoms with Crippen molar-refractivity contribution in [1.29, 1.82) is 0 Å². The van der Waals surface area contributed by atoms with E-state index in [9.17, 15) is 9.59 Å². The van der Waals surface area contributed by atoms with Crippen LogP contribution < -0.4 is 25.0 Å². The minimum atomic E-state index is -0.736. The number of aryl methyl sites for hydroxylation is 1. The zero-order chi connectivity index (χ0) is 20.8. The van der Waals surface area contributed by atoms with Crippen LogP contribution in [-0.2, 0) is 22.4 Å². The summed E-state index contributed by atoms with van der Waals surface area (Å²) >= 11 is 0. The lowest BCUT2D eigenvalue weighted by atomic mass is 9.98. The van der Waals surface area contributed by atoms with Gasteiger partial charge >= 0.3 is 11.8 Å². The van der Waals surface area contributed by atoms with Crippen LogP contribution in [0.5, 0.6) is 11.5 Å². The van der Waals surface area contributed by atoms with Gasteiger partial charge < -0.3 is 25.0 Å². The van der Waals surface area contributed by atoms with E-state index < -0.39 is 11.8 Å². The molecule has 0 atom stereocenters. The first kappa shape index (κ1) is 20.5. The van der Waals surface area contributed by atoms with E-state index in [2.05, 4.69) is 40.8 Å². The summed E-state index contributed by atoms with van der Waals surface area (Å²) in [5, 5.41) is 5.24. The molecular weight excluding hydrogens is 370 g/mol. The summed E-state index contributed by atoms with van der Waals surface area (Å²) in [6.07, 6.45) is 2.90. The molecule has 0 bridgehead atoms. The topological polar surface area (TPSA) is 79.9 Å². The first-order valence-electron chi connectivity index (χ1n) is 9.66. The minimum absolute atomic E-state index is 0.390. The van der Waals surface area contributed by atoms with Crippen LogP contribution in [0.3, 0.4) is 0 Å². The smallest absolute Gasteiger partial charge is 0.313 e.